The van der Waals surface area contributed by atoms with E-state index >= 15 is 0 Å². The fourth-order valence-corrected chi connectivity index (χ4v) is 3.34. The number of benzene rings is 2. The zero-order chi connectivity index (χ0) is 20.3. The van der Waals surface area contributed by atoms with Crippen molar-refractivity contribution in [1.82, 2.24) is 0 Å². The first-order valence-corrected chi connectivity index (χ1v) is 9.15. The molecule has 3 rings (SSSR count). The molecule has 0 heterocycles. The highest BCUT2D eigenvalue weighted by Crippen LogP contribution is 2.28. The molecule has 0 atom stereocenters. The highest BCUT2D eigenvalue weighted by molar-refractivity contribution is 5.95. The zero-order valence-electron chi connectivity index (χ0n) is 15.9. The van der Waals surface area contributed by atoms with Crippen molar-refractivity contribution < 1.29 is 19.2 Å². The molecule has 146 valence electrons. The SMILES string of the molecule is Cc1cc(NC(=O)COC(=O)Cc2ccc3c(c2)CCC3)c([N+](=O)[O-])cc1C. The number of hydrogen-bond acceptors (Lipinski definition) is 5. The molecule has 0 saturated heterocycles. The van der Waals surface area contributed by atoms with Crippen molar-refractivity contribution in [3.63, 3.8) is 0 Å². The number of nitrogens with one attached hydrogen (secondary N) is 1. The molecule has 2 aromatic carbocycles. The maximum absolute atomic E-state index is 12.1. The van der Waals surface area contributed by atoms with Crippen LogP contribution < -0.4 is 5.32 Å². The van der Waals surface area contributed by atoms with Crippen molar-refractivity contribution in [2.24, 2.45) is 0 Å². The Kier molecular flexibility index (Phi) is 5.73. The third kappa shape index (κ3) is 4.54. The Morgan fingerprint density at radius 3 is 2.57 bits per heavy atom. The van der Waals surface area contributed by atoms with Crippen LogP contribution in [0.1, 0.15) is 34.2 Å². The topological polar surface area (TPSA) is 98.5 Å². The Hall–Kier alpha value is -3.22. The summed E-state index contributed by atoms with van der Waals surface area (Å²) in [4.78, 5) is 34.7. The van der Waals surface area contributed by atoms with Gasteiger partial charge in [0.2, 0.25) is 0 Å². The van der Waals surface area contributed by atoms with E-state index in [1.807, 2.05) is 18.2 Å². The van der Waals surface area contributed by atoms with Gasteiger partial charge in [-0.1, -0.05) is 18.2 Å². The van der Waals surface area contributed by atoms with Gasteiger partial charge in [0.05, 0.1) is 11.3 Å². The first-order valence-electron chi connectivity index (χ1n) is 9.15. The molecule has 0 fully saturated rings. The van der Waals surface area contributed by atoms with Gasteiger partial charge in [-0.3, -0.25) is 19.7 Å². The average Bonchev–Trinajstić information content (AvgIpc) is 3.10. The molecule has 7 heteroatoms. The molecule has 1 N–H and O–H groups in total. The predicted molar refractivity (Wildman–Crippen MR) is 104 cm³/mol. The average molecular weight is 382 g/mol. The van der Waals surface area contributed by atoms with Gasteiger partial charge in [0, 0.05) is 6.07 Å². The summed E-state index contributed by atoms with van der Waals surface area (Å²) >= 11 is 0. The van der Waals surface area contributed by atoms with Crippen LogP contribution in [0.3, 0.4) is 0 Å². The lowest BCUT2D eigenvalue weighted by Crippen LogP contribution is -2.22. The first-order chi connectivity index (χ1) is 13.3. The summed E-state index contributed by atoms with van der Waals surface area (Å²) in [6.45, 7) is 3.06. The third-order valence-corrected chi connectivity index (χ3v) is 4.96. The number of amides is 1. The van der Waals surface area contributed by atoms with Crippen molar-refractivity contribution in [2.75, 3.05) is 11.9 Å². The molecule has 0 spiro atoms. The number of anilines is 1. The molecule has 1 aliphatic rings. The van der Waals surface area contributed by atoms with E-state index in [1.165, 1.54) is 23.3 Å². The van der Waals surface area contributed by atoms with E-state index in [1.54, 1.807) is 13.8 Å². The first kappa shape index (κ1) is 19.5. The molecule has 1 amide bonds. The Bertz CT molecular complexity index is 952. The summed E-state index contributed by atoms with van der Waals surface area (Å²) in [6, 6.07) is 8.91. The standard InChI is InChI=1S/C21H22N2O5/c1-13-8-18(19(23(26)27)9-14(13)2)22-20(24)12-28-21(25)11-15-6-7-16-4-3-5-17(16)10-15/h6-10H,3-5,11-12H2,1-2H3,(H,22,24). The van der Waals surface area contributed by atoms with E-state index in [2.05, 4.69) is 5.32 Å². The van der Waals surface area contributed by atoms with Crippen LogP contribution >= 0.6 is 0 Å². The van der Waals surface area contributed by atoms with Crippen LogP contribution in [0.4, 0.5) is 11.4 Å². The summed E-state index contributed by atoms with van der Waals surface area (Å²) < 4.78 is 5.03. The Balaban J connectivity index is 1.56. The number of rotatable bonds is 6. The maximum Gasteiger partial charge on any atom is 0.310 e. The van der Waals surface area contributed by atoms with Gasteiger partial charge in [-0.05, 0) is 67.0 Å². The number of aryl methyl sites for hydroxylation is 4. The van der Waals surface area contributed by atoms with Gasteiger partial charge in [-0.25, -0.2) is 0 Å². The van der Waals surface area contributed by atoms with E-state index in [4.69, 9.17) is 4.74 Å². The van der Waals surface area contributed by atoms with Crippen LogP contribution in [0.2, 0.25) is 0 Å². The van der Waals surface area contributed by atoms with Gasteiger partial charge in [0.25, 0.3) is 11.6 Å². The number of nitro groups is 1. The number of ether oxygens (including phenoxy) is 1. The number of esters is 1. The second-order valence-electron chi connectivity index (χ2n) is 7.05. The molecular weight excluding hydrogens is 360 g/mol. The summed E-state index contributed by atoms with van der Waals surface area (Å²) in [5.41, 5.74) is 4.92. The lowest BCUT2D eigenvalue weighted by molar-refractivity contribution is -0.384. The maximum atomic E-state index is 12.1. The number of nitrogens with zero attached hydrogens (tertiary/aromatic N) is 1. The van der Waals surface area contributed by atoms with Crippen molar-refractivity contribution >= 4 is 23.3 Å². The van der Waals surface area contributed by atoms with Gasteiger partial charge in [-0.15, -0.1) is 0 Å². The Morgan fingerprint density at radius 1 is 1.11 bits per heavy atom. The normalized spacial score (nSPS) is 12.4. The van der Waals surface area contributed by atoms with Gasteiger partial charge in [-0.2, -0.15) is 0 Å². The van der Waals surface area contributed by atoms with Gasteiger partial charge in [0.15, 0.2) is 6.61 Å². The van der Waals surface area contributed by atoms with E-state index in [9.17, 15) is 19.7 Å². The monoisotopic (exact) mass is 382 g/mol. The summed E-state index contributed by atoms with van der Waals surface area (Å²) in [6.07, 6.45) is 3.32. The van der Waals surface area contributed by atoms with E-state index in [0.29, 0.717) is 0 Å². The smallest absolute Gasteiger partial charge is 0.310 e. The van der Waals surface area contributed by atoms with Crippen molar-refractivity contribution in [3.8, 4) is 0 Å². The second kappa shape index (κ2) is 8.21. The van der Waals surface area contributed by atoms with Crippen molar-refractivity contribution in [3.05, 3.63) is 68.3 Å². The number of nitro benzene ring substituents is 1. The predicted octanol–water partition coefficient (Wildman–Crippen LogP) is 3.42. The molecule has 0 unspecified atom stereocenters. The van der Waals surface area contributed by atoms with Gasteiger partial charge >= 0.3 is 5.97 Å². The molecule has 0 aliphatic heterocycles. The quantitative estimate of drug-likeness (QED) is 0.469. The number of carbonyl (C=O) groups excluding carboxylic acids is 2. The molecule has 0 saturated carbocycles. The summed E-state index contributed by atoms with van der Waals surface area (Å²) in [5, 5.41) is 13.6. The van der Waals surface area contributed by atoms with Crippen LogP contribution in [0.15, 0.2) is 30.3 Å². The lowest BCUT2D eigenvalue weighted by Gasteiger charge is -2.10. The number of carbonyl (C=O) groups is 2. The van der Waals surface area contributed by atoms with E-state index < -0.39 is 23.4 Å². The van der Waals surface area contributed by atoms with E-state index in [0.717, 1.165) is 36.0 Å². The fourth-order valence-electron chi connectivity index (χ4n) is 3.34. The van der Waals surface area contributed by atoms with Crippen LogP contribution in [0.5, 0.6) is 0 Å². The van der Waals surface area contributed by atoms with Crippen LogP contribution in [-0.4, -0.2) is 23.4 Å². The molecular formula is C21H22N2O5. The second-order valence-corrected chi connectivity index (χ2v) is 7.05. The molecule has 0 radical (unpaired) electrons. The van der Waals surface area contributed by atoms with Crippen LogP contribution in [0.25, 0.3) is 0 Å². The van der Waals surface area contributed by atoms with Crippen molar-refractivity contribution in [2.45, 2.75) is 39.5 Å². The summed E-state index contributed by atoms with van der Waals surface area (Å²) in [5.74, 6) is -1.13. The van der Waals surface area contributed by atoms with Gasteiger partial charge in [0.1, 0.15) is 5.69 Å². The molecule has 7 nitrogen and oxygen atoms in total. The largest absolute Gasteiger partial charge is 0.455 e. The Morgan fingerprint density at radius 2 is 1.82 bits per heavy atom. The molecule has 1 aliphatic carbocycles. The van der Waals surface area contributed by atoms with Crippen LogP contribution in [0, 0.1) is 24.0 Å². The highest BCUT2D eigenvalue weighted by Gasteiger charge is 2.19. The summed E-state index contributed by atoms with van der Waals surface area (Å²) in [7, 11) is 0. The zero-order valence-corrected chi connectivity index (χ0v) is 15.9. The minimum atomic E-state index is -0.617. The lowest BCUT2D eigenvalue weighted by atomic mass is 10.0. The minimum absolute atomic E-state index is 0.0876. The minimum Gasteiger partial charge on any atom is -0.455 e. The molecule has 28 heavy (non-hydrogen) atoms. The molecule has 2 aromatic rings. The Labute approximate surface area is 162 Å². The van der Waals surface area contributed by atoms with E-state index in [-0.39, 0.29) is 17.8 Å². The highest BCUT2D eigenvalue weighted by atomic mass is 16.6. The molecule has 0 bridgehead atoms. The van der Waals surface area contributed by atoms with Gasteiger partial charge < -0.3 is 10.1 Å². The number of fused-ring (bicyclic) bond motifs is 1. The van der Waals surface area contributed by atoms with Crippen LogP contribution in [-0.2, 0) is 33.6 Å². The molecule has 0 aromatic heterocycles. The fraction of sp³-hybridized carbons (Fsp3) is 0.333. The van der Waals surface area contributed by atoms with Crippen molar-refractivity contribution in [1.29, 1.82) is 0 Å². The third-order valence-electron chi connectivity index (χ3n) is 4.96. The number of hydrogen-bond donors (Lipinski definition) is 1.